The molecule has 8 nitrogen and oxygen atoms in total. The summed E-state index contributed by atoms with van der Waals surface area (Å²) in [6, 6.07) is 7.91. The number of ether oxygens (including phenoxy) is 2. The summed E-state index contributed by atoms with van der Waals surface area (Å²) < 4.78 is 24.6. The number of morpholine rings is 1. The number of carbonyl (C=O) groups excluding carboxylic acids is 2. The molecule has 33 heavy (non-hydrogen) atoms. The molecule has 1 aromatic carbocycles. The second kappa shape index (κ2) is 10.1. The number of nitrogens with zero attached hydrogens (tertiary/aromatic N) is 3. The molecule has 1 atom stereocenters. The number of Topliss-reactive ketones (excluding diaryl/α,β-unsaturated/α-hetero) is 1. The van der Waals surface area contributed by atoms with E-state index in [9.17, 15) is 19.1 Å². The smallest absolute Gasteiger partial charge is 0.295 e. The average molecular weight is 455 g/mol. The van der Waals surface area contributed by atoms with Gasteiger partial charge in [0.2, 0.25) is 0 Å². The van der Waals surface area contributed by atoms with Crippen LogP contribution in [-0.4, -0.2) is 78.1 Å². The quantitative estimate of drug-likeness (QED) is 0.389. The first kappa shape index (κ1) is 22.9. The van der Waals surface area contributed by atoms with E-state index in [-0.39, 0.29) is 16.9 Å². The van der Waals surface area contributed by atoms with E-state index in [0.717, 1.165) is 25.7 Å². The molecule has 1 amide bonds. The van der Waals surface area contributed by atoms with Crippen LogP contribution >= 0.6 is 0 Å². The summed E-state index contributed by atoms with van der Waals surface area (Å²) in [6.45, 7) is 4.05. The van der Waals surface area contributed by atoms with Crippen molar-refractivity contribution in [3.63, 3.8) is 0 Å². The number of methoxy groups -OCH3 is 1. The number of benzene rings is 1. The summed E-state index contributed by atoms with van der Waals surface area (Å²) in [5, 5.41) is 11.1. The van der Waals surface area contributed by atoms with Crippen molar-refractivity contribution < 1.29 is 28.6 Å². The highest BCUT2D eigenvalue weighted by atomic mass is 19.1. The molecule has 0 bridgehead atoms. The first-order valence-corrected chi connectivity index (χ1v) is 10.8. The number of aliphatic hydroxyl groups excluding tert-OH is 1. The number of carbonyl (C=O) groups is 2. The van der Waals surface area contributed by atoms with E-state index >= 15 is 0 Å². The Morgan fingerprint density at radius 3 is 2.70 bits per heavy atom. The predicted molar refractivity (Wildman–Crippen MR) is 118 cm³/mol. The summed E-state index contributed by atoms with van der Waals surface area (Å²) in [4.78, 5) is 34.1. The zero-order valence-electron chi connectivity index (χ0n) is 18.4. The number of rotatable bonds is 7. The van der Waals surface area contributed by atoms with E-state index in [0.29, 0.717) is 31.9 Å². The second-order valence-corrected chi connectivity index (χ2v) is 7.90. The first-order chi connectivity index (χ1) is 16.0. The van der Waals surface area contributed by atoms with E-state index in [1.807, 2.05) is 0 Å². The minimum atomic E-state index is -0.885. The number of hydrogen-bond donors (Lipinski definition) is 1. The van der Waals surface area contributed by atoms with E-state index in [2.05, 4.69) is 9.88 Å². The number of pyridine rings is 1. The summed E-state index contributed by atoms with van der Waals surface area (Å²) >= 11 is 0. The van der Waals surface area contributed by atoms with Crippen LogP contribution in [0.3, 0.4) is 0 Å². The van der Waals surface area contributed by atoms with Crippen molar-refractivity contribution in [3.8, 4) is 5.75 Å². The summed E-state index contributed by atoms with van der Waals surface area (Å²) in [5.41, 5.74) is 0.318. The molecule has 1 aromatic heterocycles. The molecular weight excluding hydrogens is 429 g/mol. The van der Waals surface area contributed by atoms with Gasteiger partial charge in [-0.05, 0) is 36.8 Å². The highest BCUT2D eigenvalue weighted by Crippen LogP contribution is 2.40. The van der Waals surface area contributed by atoms with Gasteiger partial charge in [0.25, 0.3) is 11.7 Å². The van der Waals surface area contributed by atoms with Crippen molar-refractivity contribution in [2.24, 2.45) is 0 Å². The molecule has 2 fully saturated rings. The lowest BCUT2D eigenvalue weighted by Gasteiger charge is -2.29. The lowest BCUT2D eigenvalue weighted by atomic mass is 9.97. The van der Waals surface area contributed by atoms with Crippen molar-refractivity contribution >= 4 is 17.4 Å². The molecule has 2 aliphatic heterocycles. The lowest BCUT2D eigenvalue weighted by molar-refractivity contribution is -0.140. The SMILES string of the molecule is COc1ccc(F)cc1/C(O)=C1\C(=O)C(=O)N(CCCN2CCOCC2)C1c1ccccn1. The molecule has 2 saturated heterocycles. The molecule has 0 saturated carbocycles. The summed E-state index contributed by atoms with van der Waals surface area (Å²) in [6.07, 6.45) is 2.20. The van der Waals surface area contributed by atoms with Crippen molar-refractivity contribution in [3.05, 3.63) is 65.2 Å². The number of aliphatic hydroxyl groups is 1. The Balaban J connectivity index is 1.70. The average Bonchev–Trinajstić information content (AvgIpc) is 3.10. The highest BCUT2D eigenvalue weighted by Gasteiger charge is 2.46. The van der Waals surface area contributed by atoms with Crippen LogP contribution in [0, 0.1) is 5.82 Å². The molecule has 1 N–H and O–H groups in total. The molecule has 9 heteroatoms. The Morgan fingerprint density at radius 2 is 2.00 bits per heavy atom. The standard InChI is InChI=1S/C24H26FN3O5/c1-32-19-7-6-16(25)15-17(19)22(29)20-21(18-5-2-3-8-26-18)28(24(31)23(20)30)10-4-9-27-11-13-33-14-12-27/h2-3,5-8,15,21,29H,4,9-14H2,1H3/b22-20+. The maximum Gasteiger partial charge on any atom is 0.295 e. The Hall–Kier alpha value is -3.30. The Kier molecular flexibility index (Phi) is 7.00. The largest absolute Gasteiger partial charge is 0.507 e. The zero-order chi connectivity index (χ0) is 23.4. The van der Waals surface area contributed by atoms with E-state index in [4.69, 9.17) is 9.47 Å². The topological polar surface area (TPSA) is 92.2 Å². The third-order valence-electron chi connectivity index (χ3n) is 5.90. The summed E-state index contributed by atoms with van der Waals surface area (Å²) in [7, 11) is 1.38. The van der Waals surface area contributed by atoms with Crippen LogP contribution in [0.2, 0.25) is 0 Å². The van der Waals surface area contributed by atoms with Gasteiger partial charge in [0.05, 0.1) is 37.2 Å². The number of aromatic nitrogens is 1. The maximum atomic E-state index is 14.0. The third kappa shape index (κ3) is 4.74. The van der Waals surface area contributed by atoms with Gasteiger partial charge in [-0.1, -0.05) is 6.07 Å². The number of hydrogen-bond acceptors (Lipinski definition) is 7. The molecule has 1 unspecified atom stereocenters. The minimum Gasteiger partial charge on any atom is -0.507 e. The van der Waals surface area contributed by atoms with Crippen LogP contribution in [-0.2, 0) is 14.3 Å². The molecule has 174 valence electrons. The maximum absolute atomic E-state index is 14.0. The lowest BCUT2D eigenvalue weighted by Crippen LogP contribution is -2.39. The number of ketones is 1. The van der Waals surface area contributed by atoms with Crippen LogP contribution in [0.25, 0.3) is 5.76 Å². The number of halogens is 1. The fraction of sp³-hybridized carbons (Fsp3) is 0.375. The molecule has 2 aromatic rings. The normalized spacial score (nSPS) is 20.9. The Morgan fingerprint density at radius 1 is 1.21 bits per heavy atom. The summed E-state index contributed by atoms with van der Waals surface area (Å²) in [5.74, 6) is -2.46. The Bertz CT molecular complexity index is 1050. The van der Waals surface area contributed by atoms with Gasteiger partial charge < -0.3 is 19.5 Å². The second-order valence-electron chi connectivity index (χ2n) is 7.90. The van der Waals surface area contributed by atoms with Crippen LogP contribution in [0.5, 0.6) is 5.75 Å². The Labute approximate surface area is 191 Å². The molecule has 0 spiro atoms. The van der Waals surface area contributed by atoms with Crippen molar-refractivity contribution in [2.45, 2.75) is 12.5 Å². The van der Waals surface area contributed by atoms with Gasteiger partial charge >= 0.3 is 0 Å². The fourth-order valence-corrected chi connectivity index (χ4v) is 4.26. The van der Waals surface area contributed by atoms with Crippen molar-refractivity contribution in [2.75, 3.05) is 46.5 Å². The monoisotopic (exact) mass is 455 g/mol. The first-order valence-electron chi connectivity index (χ1n) is 10.8. The number of likely N-dealkylation sites (tertiary alicyclic amines) is 1. The van der Waals surface area contributed by atoms with E-state index < -0.39 is 29.3 Å². The highest BCUT2D eigenvalue weighted by molar-refractivity contribution is 6.46. The molecule has 0 radical (unpaired) electrons. The molecule has 3 heterocycles. The van der Waals surface area contributed by atoms with Crippen LogP contribution < -0.4 is 4.74 Å². The van der Waals surface area contributed by atoms with Gasteiger partial charge in [-0.2, -0.15) is 0 Å². The van der Waals surface area contributed by atoms with E-state index in [1.54, 1.807) is 24.4 Å². The molecule has 4 rings (SSSR count). The van der Waals surface area contributed by atoms with Gasteiger partial charge in [0.1, 0.15) is 23.4 Å². The molecular formula is C24H26FN3O5. The minimum absolute atomic E-state index is 0.00440. The molecule has 2 aliphatic rings. The van der Waals surface area contributed by atoms with Crippen LogP contribution in [0.15, 0.2) is 48.2 Å². The van der Waals surface area contributed by atoms with Gasteiger partial charge in [0, 0.05) is 32.4 Å². The van der Waals surface area contributed by atoms with Gasteiger partial charge in [0.15, 0.2) is 0 Å². The van der Waals surface area contributed by atoms with Gasteiger partial charge in [-0.3, -0.25) is 19.5 Å². The fourth-order valence-electron chi connectivity index (χ4n) is 4.26. The van der Waals surface area contributed by atoms with Crippen molar-refractivity contribution in [1.29, 1.82) is 0 Å². The van der Waals surface area contributed by atoms with E-state index in [1.165, 1.54) is 24.1 Å². The van der Waals surface area contributed by atoms with Crippen LogP contribution in [0.1, 0.15) is 23.7 Å². The van der Waals surface area contributed by atoms with Gasteiger partial charge in [-0.15, -0.1) is 0 Å². The third-order valence-corrected chi connectivity index (χ3v) is 5.90. The van der Waals surface area contributed by atoms with Crippen molar-refractivity contribution in [1.82, 2.24) is 14.8 Å². The predicted octanol–water partition coefficient (Wildman–Crippen LogP) is 2.37. The molecule has 0 aliphatic carbocycles. The zero-order valence-corrected chi connectivity index (χ0v) is 18.4. The van der Waals surface area contributed by atoms with Crippen LogP contribution in [0.4, 0.5) is 4.39 Å². The van der Waals surface area contributed by atoms with Gasteiger partial charge in [-0.25, -0.2) is 4.39 Å². The number of amides is 1.